The van der Waals surface area contributed by atoms with Crippen LogP contribution < -0.4 is 10.6 Å². The molecular weight excluding hydrogens is 468 g/mol. The zero-order chi connectivity index (χ0) is 25.8. The molecule has 37 heavy (non-hydrogen) atoms. The Kier molecular flexibility index (Phi) is 7.86. The van der Waals surface area contributed by atoms with E-state index in [2.05, 4.69) is 27.3 Å². The van der Waals surface area contributed by atoms with Gasteiger partial charge in [-0.15, -0.1) is 0 Å². The van der Waals surface area contributed by atoms with Crippen LogP contribution in [0.3, 0.4) is 0 Å². The van der Waals surface area contributed by atoms with Crippen molar-refractivity contribution < 1.29 is 19.8 Å². The molecular formula is C29H36N4O4. The lowest BCUT2D eigenvalue weighted by Crippen LogP contribution is -2.28. The van der Waals surface area contributed by atoms with Gasteiger partial charge in [0.15, 0.2) is 0 Å². The molecule has 2 aromatic carbocycles. The molecule has 1 aromatic heterocycles. The van der Waals surface area contributed by atoms with Crippen molar-refractivity contribution in [2.24, 2.45) is 23.7 Å². The molecule has 8 heteroatoms. The Balaban J connectivity index is 1.45. The average molecular weight is 505 g/mol. The van der Waals surface area contributed by atoms with Crippen LogP contribution in [0.15, 0.2) is 48.5 Å². The van der Waals surface area contributed by atoms with Gasteiger partial charge in [-0.05, 0) is 87.0 Å². The van der Waals surface area contributed by atoms with E-state index >= 15 is 0 Å². The topological polar surface area (TPSA) is 116 Å². The van der Waals surface area contributed by atoms with E-state index in [0.29, 0.717) is 19.4 Å². The fourth-order valence-electron chi connectivity index (χ4n) is 6.05. The fraction of sp³-hybridized carbons (Fsp3) is 0.483. The molecule has 0 amide bonds. The number of aliphatic carboxylic acids is 2. The molecule has 8 nitrogen and oxygen atoms in total. The smallest absolute Gasteiger partial charge is 0.307 e. The second kappa shape index (κ2) is 11.4. The van der Waals surface area contributed by atoms with Gasteiger partial charge in [0.25, 0.3) is 0 Å². The maximum atomic E-state index is 12.2. The number of carbonyl (C=O) groups is 2. The molecule has 2 aliphatic rings. The molecule has 4 atom stereocenters. The Morgan fingerprint density at radius 2 is 1.54 bits per heavy atom. The van der Waals surface area contributed by atoms with Gasteiger partial charge in [0.2, 0.25) is 0 Å². The number of hydrogen-bond acceptors (Lipinski definition) is 5. The molecule has 0 spiro atoms. The number of imidazole rings is 1. The van der Waals surface area contributed by atoms with Gasteiger partial charge >= 0.3 is 11.9 Å². The number of aromatic nitrogens is 2. The van der Waals surface area contributed by atoms with E-state index in [-0.39, 0.29) is 11.8 Å². The molecule has 5 rings (SSSR count). The average Bonchev–Trinajstić information content (AvgIpc) is 3.66. The summed E-state index contributed by atoms with van der Waals surface area (Å²) in [6, 6.07) is 16.3. The van der Waals surface area contributed by atoms with Gasteiger partial charge in [-0.2, -0.15) is 0 Å². The summed E-state index contributed by atoms with van der Waals surface area (Å²) in [4.78, 5) is 29.2. The number of hydrogen-bond donors (Lipinski definition) is 4. The molecule has 4 N–H and O–H groups in total. The van der Waals surface area contributed by atoms with Crippen LogP contribution in [-0.4, -0.2) is 57.9 Å². The van der Waals surface area contributed by atoms with E-state index < -0.39 is 23.8 Å². The summed E-state index contributed by atoms with van der Waals surface area (Å²) in [6.45, 7) is 3.88. The minimum atomic E-state index is -0.773. The minimum Gasteiger partial charge on any atom is -0.481 e. The monoisotopic (exact) mass is 504 g/mol. The van der Waals surface area contributed by atoms with Crippen molar-refractivity contribution in [1.82, 2.24) is 20.2 Å². The molecule has 3 aromatic rings. The van der Waals surface area contributed by atoms with E-state index in [1.807, 2.05) is 36.4 Å². The molecule has 2 fully saturated rings. The zero-order valence-electron chi connectivity index (χ0n) is 21.1. The van der Waals surface area contributed by atoms with Crippen LogP contribution in [0.2, 0.25) is 0 Å². The maximum Gasteiger partial charge on any atom is 0.307 e. The lowest BCUT2D eigenvalue weighted by atomic mass is 9.86. The van der Waals surface area contributed by atoms with Crippen LogP contribution in [0.25, 0.3) is 11.0 Å². The Labute approximate surface area is 217 Å². The van der Waals surface area contributed by atoms with Gasteiger partial charge in [-0.3, -0.25) is 9.59 Å². The number of rotatable bonds is 11. The first kappa shape index (κ1) is 25.4. The van der Waals surface area contributed by atoms with E-state index in [1.165, 1.54) is 5.56 Å². The summed E-state index contributed by atoms with van der Waals surface area (Å²) in [5, 5.41) is 26.5. The summed E-state index contributed by atoms with van der Waals surface area (Å²) in [6.07, 6.45) is 3.41. The SMILES string of the molecule is O=C(O)C(Cc1ccc2c(c1)nc(CC(C(=O)O)C1CCNC1)n2CCc1ccccc1)C1CCNC1. The molecule has 0 bridgehead atoms. The lowest BCUT2D eigenvalue weighted by molar-refractivity contribution is -0.144. The molecule has 196 valence electrons. The van der Waals surface area contributed by atoms with E-state index in [0.717, 1.165) is 67.9 Å². The molecule has 0 saturated carbocycles. The van der Waals surface area contributed by atoms with Crippen molar-refractivity contribution in [3.8, 4) is 0 Å². The highest BCUT2D eigenvalue weighted by Gasteiger charge is 2.33. The van der Waals surface area contributed by atoms with Crippen LogP contribution in [0.4, 0.5) is 0 Å². The van der Waals surface area contributed by atoms with Gasteiger partial charge in [0.1, 0.15) is 5.82 Å². The van der Waals surface area contributed by atoms with Crippen LogP contribution in [0, 0.1) is 23.7 Å². The van der Waals surface area contributed by atoms with Crippen LogP contribution >= 0.6 is 0 Å². The summed E-state index contributed by atoms with van der Waals surface area (Å²) in [5.41, 5.74) is 3.96. The number of nitrogens with one attached hydrogen (secondary N) is 2. The lowest BCUT2D eigenvalue weighted by Gasteiger charge is -2.19. The first-order chi connectivity index (χ1) is 18.0. The number of aryl methyl sites for hydroxylation is 2. The zero-order valence-corrected chi connectivity index (χ0v) is 21.1. The quantitative estimate of drug-likeness (QED) is 0.317. The fourth-order valence-corrected chi connectivity index (χ4v) is 6.05. The van der Waals surface area contributed by atoms with Gasteiger partial charge in [-0.1, -0.05) is 36.4 Å². The number of carboxylic acid groups (broad SMARTS) is 2. The molecule has 2 saturated heterocycles. The van der Waals surface area contributed by atoms with Gasteiger partial charge in [0, 0.05) is 13.0 Å². The van der Waals surface area contributed by atoms with Crippen LogP contribution in [0.5, 0.6) is 0 Å². The van der Waals surface area contributed by atoms with Crippen molar-refractivity contribution in [2.45, 2.75) is 38.6 Å². The number of fused-ring (bicyclic) bond motifs is 1. The largest absolute Gasteiger partial charge is 0.481 e. The summed E-state index contributed by atoms with van der Waals surface area (Å²) in [7, 11) is 0. The third-order valence-electron chi connectivity index (χ3n) is 8.19. The predicted octanol–water partition coefficient (Wildman–Crippen LogP) is 2.98. The third kappa shape index (κ3) is 5.86. The Bertz CT molecular complexity index is 1230. The first-order valence-corrected chi connectivity index (χ1v) is 13.4. The summed E-state index contributed by atoms with van der Waals surface area (Å²) in [5.74, 6) is -1.44. The van der Waals surface area contributed by atoms with E-state index in [1.54, 1.807) is 0 Å². The Morgan fingerprint density at radius 3 is 2.14 bits per heavy atom. The molecule has 0 radical (unpaired) electrons. The third-order valence-corrected chi connectivity index (χ3v) is 8.19. The van der Waals surface area contributed by atoms with Gasteiger partial charge in [-0.25, -0.2) is 4.98 Å². The van der Waals surface area contributed by atoms with Gasteiger partial charge in [0.05, 0.1) is 22.9 Å². The number of benzene rings is 2. The van der Waals surface area contributed by atoms with E-state index in [4.69, 9.17) is 4.98 Å². The van der Waals surface area contributed by atoms with Crippen molar-refractivity contribution in [3.63, 3.8) is 0 Å². The minimum absolute atomic E-state index is 0.0896. The number of carboxylic acids is 2. The molecule has 0 aliphatic carbocycles. The predicted molar refractivity (Wildman–Crippen MR) is 141 cm³/mol. The van der Waals surface area contributed by atoms with Crippen molar-refractivity contribution in [1.29, 1.82) is 0 Å². The van der Waals surface area contributed by atoms with Crippen LogP contribution in [0.1, 0.15) is 29.8 Å². The van der Waals surface area contributed by atoms with Crippen molar-refractivity contribution in [2.75, 3.05) is 26.2 Å². The molecule has 2 aliphatic heterocycles. The highest BCUT2D eigenvalue weighted by molar-refractivity contribution is 5.78. The maximum absolute atomic E-state index is 12.2. The van der Waals surface area contributed by atoms with Gasteiger partial charge < -0.3 is 25.4 Å². The normalized spacial score (nSPS) is 21.3. The number of nitrogens with zero attached hydrogens (tertiary/aromatic N) is 2. The van der Waals surface area contributed by atoms with Crippen molar-refractivity contribution in [3.05, 3.63) is 65.5 Å². The summed E-state index contributed by atoms with van der Waals surface area (Å²) >= 11 is 0. The highest BCUT2D eigenvalue weighted by atomic mass is 16.4. The second-order valence-electron chi connectivity index (χ2n) is 10.5. The highest BCUT2D eigenvalue weighted by Crippen LogP contribution is 2.28. The molecule has 4 unspecified atom stereocenters. The Morgan fingerprint density at radius 1 is 0.892 bits per heavy atom. The first-order valence-electron chi connectivity index (χ1n) is 13.4. The standard InChI is InChI=1S/C29H36N4O4/c34-28(35)23(21-8-11-30-17-21)14-20-6-7-26-25(15-20)32-27(16-24(29(36)37)22-9-12-31-18-22)33(26)13-10-19-4-2-1-3-5-19/h1-7,15,21-24,30-31H,8-14,16-18H2,(H,34,35)(H,36,37). The molecule has 3 heterocycles. The Hall–Kier alpha value is -3.23. The van der Waals surface area contributed by atoms with Crippen molar-refractivity contribution >= 4 is 23.0 Å². The van der Waals surface area contributed by atoms with Crippen LogP contribution in [-0.2, 0) is 35.4 Å². The summed E-state index contributed by atoms with van der Waals surface area (Å²) < 4.78 is 2.17. The van der Waals surface area contributed by atoms with E-state index in [9.17, 15) is 19.8 Å². The second-order valence-corrected chi connectivity index (χ2v) is 10.5.